The van der Waals surface area contributed by atoms with E-state index in [1.165, 1.54) is 12.3 Å². The Bertz CT molecular complexity index is 1400. The van der Waals surface area contributed by atoms with Gasteiger partial charge in [0.05, 0.1) is 16.8 Å². The summed E-state index contributed by atoms with van der Waals surface area (Å²) in [6, 6.07) is 10.4. The van der Waals surface area contributed by atoms with Gasteiger partial charge in [-0.05, 0) is 42.3 Å². The Morgan fingerprint density at radius 1 is 1.16 bits per heavy atom. The van der Waals surface area contributed by atoms with Gasteiger partial charge in [0.15, 0.2) is 11.1 Å². The van der Waals surface area contributed by atoms with Gasteiger partial charge in [-0.2, -0.15) is 13.2 Å². The number of fused-ring (bicyclic) bond motifs is 2. The van der Waals surface area contributed by atoms with Crippen LogP contribution < -0.4 is 0 Å². The summed E-state index contributed by atoms with van der Waals surface area (Å²) in [5.41, 5.74) is 1.61. The molecule has 0 radical (unpaired) electrons. The molecule has 0 bridgehead atoms. The molecule has 0 saturated heterocycles. The summed E-state index contributed by atoms with van der Waals surface area (Å²) in [6.07, 6.45) is -3.30. The van der Waals surface area contributed by atoms with E-state index in [1.54, 1.807) is 41.8 Å². The van der Waals surface area contributed by atoms with Crippen LogP contribution in [0.4, 0.5) is 13.2 Å². The van der Waals surface area contributed by atoms with E-state index in [9.17, 15) is 31.8 Å². The second kappa shape index (κ2) is 8.03. The van der Waals surface area contributed by atoms with E-state index >= 15 is 0 Å². The van der Waals surface area contributed by atoms with Crippen LogP contribution in [-0.2, 0) is 34.3 Å². The fourth-order valence-corrected chi connectivity index (χ4v) is 4.53. The highest BCUT2D eigenvalue weighted by Gasteiger charge is 2.33. The minimum absolute atomic E-state index is 0.131. The lowest BCUT2D eigenvalue weighted by Gasteiger charge is -2.13. The minimum atomic E-state index is -4.59. The van der Waals surface area contributed by atoms with Crippen molar-refractivity contribution >= 4 is 38.9 Å². The number of hydrogen-bond donors (Lipinski definition) is 2. The van der Waals surface area contributed by atoms with E-state index in [-0.39, 0.29) is 23.2 Å². The maximum absolute atomic E-state index is 13.5. The number of aliphatic carboxylic acids is 1. The van der Waals surface area contributed by atoms with E-state index in [0.29, 0.717) is 33.3 Å². The zero-order chi connectivity index (χ0) is 23.2. The molecule has 2 heterocycles. The summed E-state index contributed by atoms with van der Waals surface area (Å²) in [7, 11) is 0. The van der Waals surface area contributed by atoms with Crippen molar-refractivity contribution in [1.82, 2.24) is 9.55 Å². The largest absolute Gasteiger partial charge is 0.480 e. The molecule has 6 nitrogen and oxygen atoms in total. The Kier molecular flexibility index (Phi) is 5.51. The Labute approximate surface area is 182 Å². The van der Waals surface area contributed by atoms with Crippen LogP contribution in [0.1, 0.15) is 16.8 Å². The third kappa shape index (κ3) is 3.87. The van der Waals surface area contributed by atoms with Gasteiger partial charge in [-0.15, -0.1) is 0 Å². The highest BCUT2D eigenvalue weighted by molar-refractivity contribution is 7.78. The molecular weight excluding hydrogens is 445 g/mol. The van der Waals surface area contributed by atoms with Crippen molar-refractivity contribution in [2.24, 2.45) is 0 Å². The fraction of sp³-hybridized carbons (Fsp3) is 0.182. The topological polar surface area (TPSA) is 92.4 Å². The number of rotatable bonds is 5. The number of alkyl halides is 3. The number of benzene rings is 2. The Hall–Kier alpha value is -3.24. The molecule has 2 N–H and O–H groups in total. The van der Waals surface area contributed by atoms with E-state index < -0.39 is 28.8 Å². The van der Waals surface area contributed by atoms with Gasteiger partial charge in [0.25, 0.3) is 0 Å². The van der Waals surface area contributed by atoms with Gasteiger partial charge < -0.3 is 14.2 Å². The predicted molar refractivity (Wildman–Crippen MR) is 115 cm³/mol. The fourth-order valence-electron chi connectivity index (χ4n) is 4.06. The van der Waals surface area contributed by atoms with Crippen molar-refractivity contribution in [1.29, 1.82) is 0 Å². The average Bonchev–Trinajstić information content (AvgIpc) is 2.96. The first-order valence-corrected chi connectivity index (χ1v) is 10.7. The number of carbonyl (C=O) groups is 1. The summed E-state index contributed by atoms with van der Waals surface area (Å²) in [4.78, 5) is 15.4. The third-order valence-electron chi connectivity index (χ3n) is 5.32. The molecule has 166 valence electrons. The molecule has 0 saturated carbocycles. The molecule has 2 aromatic carbocycles. The Morgan fingerprint density at radius 3 is 2.56 bits per heavy atom. The van der Waals surface area contributed by atoms with E-state index in [4.69, 9.17) is 0 Å². The highest BCUT2D eigenvalue weighted by Crippen LogP contribution is 2.41. The molecule has 4 rings (SSSR count). The summed E-state index contributed by atoms with van der Waals surface area (Å²) in [6.45, 7) is 1.35. The number of hydrogen-bond acceptors (Lipinski definition) is 3. The number of aromatic nitrogens is 2. The Morgan fingerprint density at radius 2 is 1.91 bits per heavy atom. The van der Waals surface area contributed by atoms with Crippen LogP contribution in [0.5, 0.6) is 0 Å². The molecule has 0 fully saturated rings. The van der Waals surface area contributed by atoms with Gasteiger partial charge in [0.1, 0.15) is 6.54 Å². The van der Waals surface area contributed by atoms with Crippen molar-refractivity contribution in [2.45, 2.75) is 25.4 Å². The number of carboxylic acids is 1. The van der Waals surface area contributed by atoms with Crippen molar-refractivity contribution < 1.29 is 31.8 Å². The number of pyridine rings is 1. The minimum Gasteiger partial charge on any atom is -0.480 e. The average molecular weight is 462 g/mol. The van der Waals surface area contributed by atoms with Gasteiger partial charge in [-0.3, -0.25) is 9.78 Å². The SMILES string of the molecule is Cc1c(-c2ccnc3c(C(F)(F)F)cccc23)c2cc(CS(=O)O)ccc2n1CC(=O)O. The first-order chi connectivity index (χ1) is 15.1. The lowest BCUT2D eigenvalue weighted by molar-refractivity contribution is -0.138. The second-order valence-electron chi connectivity index (χ2n) is 7.32. The molecule has 0 aliphatic carbocycles. The van der Waals surface area contributed by atoms with Gasteiger partial charge >= 0.3 is 12.1 Å². The van der Waals surface area contributed by atoms with Crippen LogP contribution in [0.3, 0.4) is 0 Å². The number of nitrogens with zero attached hydrogens (tertiary/aromatic N) is 2. The van der Waals surface area contributed by atoms with Crippen molar-refractivity contribution in [3.63, 3.8) is 0 Å². The van der Waals surface area contributed by atoms with Crippen LogP contribution >= 0.6 is 0 Å². The summed E-state index contributed by atoms with van der Waals surface area (Å²) < 4.78 is 62.8. The number of para-hydroxylation sites is 1. The standard InChI is InChI=1S/C22H17F3N2O4S/c1-12-20(14-7-8-26-21-15(14)3-2-4-17(21)22(23,24)25)16-9-13(11-32(30)31)5-6-18(16)27(12)10-19(28)29/h2-9H,10-11H2,1H3,(H,28,29)(H,30,31). The predicted octanol–water partition coefficient (Wildman–Crippen LogP) is 4.99. The highest BCUT2D eigenvalue weighted by atomic mass is 32.2. The number of carboxylic acid groups (broad SMARTS) is 1. The first kappa shape index (κ1) is 22.0. The summed E-state index contributed by atoms with van der Waals surface area (Å²) in [5, 5.41) is 10.2. The monoisotopic (exact) mass is 462 g/mol. The maximum atomic E-state index is 13.5. The molecule has 4 aromatic rings. The van der Waals surface area contributed by atoms with Crippen LogP contribution in [-0.4, -0.2) is 29.4 Å². The van der Waals surface area contributed by atoms with Gasteiger partial charge in [-0.1, -0.05) is 18.2 Å². The summed E-state index contributed by atoms with van der Waals surface area (Å²) >= 11 is -2.09. The molecule has 0 spiro atoms. The summed E-state index contributed by atoms with van der Waals surface area (Å²) in [5.74, 6) is -1.20. The quantitative estimate of drug-likeness (QED) is 0.408. The molecule has 0 aliphatic rings. The van der Waals surface area contributed by atoms with E-state index in [0.717, 1.165) is 6.07 Å². The van der Waals surface area contributed by atoms with Gasteiger partial charge in [-0.25, -0.2) is 4.21 Å². The zero-order valence-electron chi connectivity index (χ0n) is 16.7. The number of halogens is 3. The van der Waals surface area contributed by atoms with E-state index in [1.807, 2.05) is 0 Å². The van der Waals surface area contributed by atoms with Crippen LogP contribution in [0.25, 0.3) is 32.9 Å². The van der Waals surface area contributed by atoms with Gasteiger partial charge in [0.2, 0.25) is 0 Å². The van der Waals surface area contributed by atoms with E-state index in [2.05, 4.69) is 4.98 Å². The lowest BCUT2D eigenvalue weighted by atomic mass is 9.96. The lowest BCUT2D eigenvalue weighted by Crippen LogP contribution is -2.10. The molecule has 0 aliphatic heterocycles. The molecule has 10 heteroatoms. The molecule has 1 unspecified atom stereocenters. The zero-order valence-corrected chi connectivity index (χ0v) is 17.5. The Balaban J connectivity index is 2.08. The van der Waals surface area contributed by atoms with Crippen molar-refractivity contribution in [3.05, 3.63) is 65.5 Å². The molecule has 2 aromatic heterocycles. The second-order valence-corrected chi connectivity index (χ2v) is 8.25. The molecule has 1 atom stereocenters. The van der Waals surface area contributed by atoms with Crippen molar-refractivity contribution in [3.8, 4) is 11.1 Å². The third-order valence-corrected chi connectivity index (χ3v) is 5.90. The maximum Gasteiger partial charge on any atom is 0.418 e. The molecular formula is C22H17F3N2O4S. The normalized spacial score (nSPS) is 13.0. The molecule has 0 amide bonds. The van der Waals surface area contributed by atoms with Crippen LogP contribution in [0.15, 0.2) is 48.7 Å². The van der Waals surface area contributed by atoms with Crippen LogP contribution in [0.2, 0.25) is 0 Å². The smallest absolute Gasteiger partial charge is 0.418 e. The van der Waals surface area contributed by atoms with Crippen LogP contribution in [0, 0.1) is 6.92 Å². The molecule has 32 heavy (non-hydrogen) atoms. The first-order valence-electron chi connectivity index (χ1n) is 9.44. The van der Waals surface area contributed by atoms with Crippen molar-refractivity contribution in [2.75, 3.05) is 0 Å². The van der Waals surface area contributed by atoms with Gasteiger partial charge in [0, 0.05) is 33.7 Å².